The summed E-state index contributed by atoms with van der Waals surface area (Å²) in [6, 6.07) is 12.0. The number of piperidine rings is 1. The van der Waals surface area contributed by atoms with E-state index in [1.54, 1.807) is 17.6 Å². The van der Waals surface area contributed by atoms with E-state index in [9.17, 15) is 4.79 Å². The number of rotatable bonds is 6. The van der Waals surface area contributed by atoms with E-state index >= 15 is 0 Å². The number of nitrogens with one attached hydrogen (secondary N) is 1. The van der Waals surface area contributed by atoms with Crippen LogP contribution >= 0.6 is 27.3 Å². The molecule has 1 saturated heterocycles. The first-order chi connectivity index (χ1) is 16.2. The van der Waals surface area contributed by atoms with Gasteiger partial charge in [0.15, 0.2) is 0 Å². The van der Waals surface area contributed by atoms with Crippen molar-refractivity contribution >= 4 is 50.3 Å². The zero-order chi connectivity index (χ0) is 22.6. The Bertz CT molecular complexity index is 1150. The maximum Gasteiger partial charge on any atom is 0.254 e. The number of thiophene rings is 1. The standard InChI is InChI=1S/C26H28BrN3O2S/c27-21-15-19(32-26(21)30-13-7-2-8-14-30)17-29-25-23(20-11-5-6-12-22(20)33-25)24(31)28-16-18-9-3-1-4-10-18/h1,3-4,9-10,15,17H,2,5-8,11-14,16H2,(H,28,31). The molecule has 0 saturated carbocycles. The Hall–Kier alpha value is -2.38. The van der Waals surface area contributed by atoms with Crippen LogP contribution in [0.25, 0.3) is 0 Å². The van der Waals surface area contributed by atoms with Gasteiger partial charge in [-0.25, -0.2) is 4.99 Å². The Morgan fingerprint density at radius 3 is 2.73 bits per heavy atom. The van der Waals surface area contributed by atoms with Crippen LogP contribution in [0, 0.1) is 0 Å². The number of nitrogens with zero attached hydrogens (tertiary/aromatic N) is 2. The number of halogens is 1. The molecule has 0 radical (unpaired) electrons. The number of hydrogen-bond donors (Lipinski definition) is 1. The number of fused-ring (bicyclic) bond motifs is 1. The van der Waals surface area contributed by atoms with Gasteiger partial charge in [0, 0.05) is 30.6 Å². The van der Waals surface area contributed by atoms with Crippen molar-refractivity contribution in [2.75, 3.05) is 18.0 Å². The highest BCUT2D eigenvalue weighted by Crippen LogP contribution is 2.40. The minimum absolute atomic E-state index is 0.0416. The molecule has 1 aliphatic carbocycles. The first kappa shape index (κ1) is 22.4. The van der Waals surface area contributed by atoms with Crippen molar-refractivity contribution in [3.8, 4) is 0 Å². The van der Waals surface area contributed by atoms with Gasteiger partial charge in [-0.1, -0.05) is 30.3 Å². The second-order valence-corrected chi connectivity index (χ2v) is 10.6. The number of benzene rings is 1. The molecular weight excluding hydrogens is 498 g/mol. The summed E-state index contributed by atoms with van der Waals surface area (Å²) in [5, 5.41) is 3.88. The molecule has 1 fully saturated rings. The lowest BCUT2D eigenvalue weighted by atomic mass is 9.95. The van der Waals surface area contributed by atoms with Gasteiger partial charge < -0.3 is 14.6 Å². The fourth-order valence-corrected chi connectivity index (χ4v) is 6.41. The fraction of sp³-hybridized carbons (Fsp3) is 0.385. The highest BCUT2D eigenvalue weighted by Gasteiger charge is 2.25. The molecule has 2 aliphatic rings. The van der Waals surface area contributed by atoms with Gasteiger partial charge in [-0.05, 0) is 72.0 Å². The summed E-state index contributed by atoms with van der Waals surface area (Å²) in [4.78, 5) is 21.6. The molecule has 1 amide bonds. The minimum atomic E-state index is -0.0416. The molecule has 1 N–H and O–H groups in total. The van der Waals surface area contributed by atoms with Crippen LogP contribution in [0.2, 0.25) is 0 Å². The molecule has 7 heteroatoms. The Balaban J connectivity index is 1.38. The summed E-state index contributed by atoms with van der Waals surface area (Å²) >= 11 is 5.29. The van der Waals surface area contributed by atoms with Gasteiger partial charge in [0.1, 0.15) is 10.8 Å². The van der Waals surface area contributed by atoms with E-state index in [4.69, 9.17) is 9.41 Å². The number of aliphatic imine (C=N–C) groups is 1. The Morgan fingerprint density at radius 2 is 1.91 bits per heavy atom. The predicted molar refractivity (Wildman–Crippen MR) is 138 cm³/mol. The lowest BCUT2D eigenvalue weighted by Gasteiger charge is -2.26. The van der Waals surface area contributed by atoms with Gasteiger partial charge in [-0.15, -0.1) is 11.3 Å². The molecule has 3 heterocycles. The molecule has 1 aliphatic heterocycles. The van der Waals surface area contributed by atoms with Gasteiger partial charge in [-0.3, -0.25) is 4.79 Å². The Morgan fingerprint density at radius 1 is 1.12 bits per heavy atom. The van der Waals surface area contributed by atoms with Gasteiger partial charge in [0.25, 0.3) is 5.91 Å². The highest BCUT2D eigenvalue weighted by atomic mass is 79.9. The monoisotopic (exact) mass is 525 g/mol. The van der Waals surface area contributed by atoms with Crippen molar-refractivity contribution in [2.24, 2.45) is 4.99 Å². The van der Waals surface area contributed by atoms with Crippen molar-refractivity contribution in [3.63, 3.8) is 0 Å². The zero-order valence-electron chi connectivity index (χ0n) is 18.6. The summed E-state index contributed by atoms with van der Waals surface area (Å²) in [6.07, 6.45) is 9.69. The second kappa shape index (κ2) is 10.3. The third kappa shape index (κ3) is 5.09. The first-order valence-corrected chi connectivity index (χ1v) is 13.3. The van der Waals surface area contributed by atoms with Crippen LogP contribution in [0.3, 0.4) is 0 Å². The topological polar surface area (TPSA) is 57.8 Å². The van der Waals surface area contributed by atoms with Crippen LogP contribution in [0.15, 0.2) is 50.3 Å². The van der Waals surface area contributed by atoms with Gasteiger partial charge in [-0.2, -0.15) is 0 Å². The second-order valence-electron chi connectivity index (χ2n) is 8.67. The molecule has 1 aromatic carbocycles. The minimum Gasteiger partial charge on any atom is -0.438 e. The van der Waals surface area contributed by atoms with Gasteiger partial charge in [0.05, 0.1) is 16.3 Å². The number of carbonyl (C=O) groups excluding carboxylic acids is 1. The fourth-order valence-electron chi connectivity index (χ4n) is 4.62. The number of anilines is 1. The van der Waals surface area contributed by atoms with Crippen LogP contribution in [0.1, 0.15) is 64.2 Å². The van der Waals surface area contributed by atoms with E-state index in [-0.39, 0.29) is 5.91 Å². The molecule has 172 valence electrons. The summed E-state index contributed by atoms with van der Waals surface area (Å²) in [5.74, 6) is 1.53. The van der Waals surface area contributed by atoms with E-state index in [0.29, 0.717) is 12.3 Å². The average molecular weight is 527 g/mol. The molecule has 3 aromatic rings. The van der Waals surface area contributed by atoms with Crippen molar-refractivity contribution in [1.29, 1.82) is 0 Å². The Kier molecular flexibility index (Phi) is 6.97. The molecule has 33 heavy (non-hydrogen) atoms. The molecule has 2 aromatic heterocycles. The lowest BCUT2D eigenvalue weighted by molar-refractivity contribution is 0.0951. The number of carbonyl (C=O) groups is 1. The largest absolute Gasteiger partial charge is 0.438 e. The Labute approximate surface area is 207 Å². The van der Waals surface area contributed by atoms with Crippen LogP contribution in [-0.2, 0) is 19.4 Å². The van der Waals surface area contributed by atoms with E-state index in [1.807, 2.05) is 36.4 Å². The SMILES string of the molecule is O=C(NCc1ccccc1)c1c(N=Cc2cc(Br)c(N3CCCCC3)o2)sc2c1CCCC2. The number of amides is 1. The molecule has 0 atom stereocenters. The molecule has 0 spiro atoms. The van der Waals surface area contributed by atoms with Crippen molar-refractivity contribution in [2.45, 2.75) is 51.5 Å². The van der Waals surface area contributed by atoms with Crippen molar-refractivity contribution < 1.29 is 9.21 Å². The summed E-state index contributed by atoms with van der Waals surface area (Å²) < 4.78 is 7.07. The number of aryl methyl sites for hydroxylation is 1. The smallest absolute Gasteiger partial charge is 0.254 e. The third-order valence-corrected chi connectivity index (χ3v) is 8.08. The average Bonchev–Trinajstić information content (AvgIpc) is 3.42. The quantitative estimate of drug-likeness (QED) is 0.366. The van der Waals surface area contributed by atoms with E-state index in [2.05, 4.69) is 26.1 Å². The van der Waals surface area contributed by atoms with Gasteiger partial charge >= 0.3 is 0 Å². The van der Waals surface area contributed by atoms with Crippen LogP contribution < -0.4 is 10.2 Å². The molecule has 0 unspecified atom stereocenters. The van der Waals surface area contributed by atoms with E-state index < -0.39 is 0 Å². The number of hydrogen-bond acceptors (Lipinski definition) is 5. The van der Waals surface area contributed by atoms with Gasteiger partial charge in [0.2, 0.25) is 5.88 Å². The zero-order valence-corrected chi connectivity index (χ0v) is 21.0. The van der Waals surface area contributed by atoms with Crippen LogP contribution in [0.4, 0.5) is 10.9 Å². The normalized spacial score (nSPS) is 16.2. The lowest BCUT2D eigenvalue weighted by Crippen LogP contribution is -2.29. The molecule has 5 rings (SSSR count). The van der Waals surface area contributed by atoms with Crippen molar-refractivity contribution in [3.05, 3.63) is 68.2 Å². The maximum atomic E-state index is 13.2. The van der Waals surface area contributed by atoms with Crippen LogP contribution in [0.5, 0.6) is 0 Å². The summed E-state index contributed by atoms with van der Waals surface area (Å²) in [5.41, 5.74) is 3.01. The molecular formula is C26H28BrN3O2S. The summed E-state index contributed by atoms with van der Waals surface area (Å²) in [6.45, 7) is 2.55. The maximum absolute atomic E-state index is 13.2. The number of furan rings is 1. The van der Waals surface area contributed by atoms with E-state index in [0.717, 1.165) is 58.8 Å². The van der Waals surface area contributed by atoms with Crippen molar-refractivity contribution in [1.82, 2.24) is 5.32 Å². The summed E-state index contributed by atoms with van der Waals surface area (Å²) in [7, 11) is 0. The van der Waals surface area contributed by atoms with Crippen LogP contribution in [-0.4, -0.2) is 25.2 Å². The predicted octanol–water partition coefficient (Wildman–Crippen LogP) is 6.65. The third-order valence-electron chi connectivity index (χ3n) is 6.32. The molecule has 5 nitrogen and oxygen atoms in total. The molecule has 0 bridgehead atoms. The first-order valence-electron chi connectivity index (χ1n) is 11.7. The highest BCUT2D eigenvalue weighted by molar-refractivity contribution is 9.10. The van der Waals surface area contributed by atoms with E-state index in [1.165, 1.54) is 36.1 Å².